The maximum absolute atomic E-state index is 10.9. The molecule has 0 bridgehead atoms. The predicted molar refractivity (Wildman–Crippen MR) is 47.8 cm³/mol. The standard InChI is InChI=1S/C8H15N3O2/c1-4-6(3-7(12)11-4)10-5(2)8(9)13/h4-6,10H,3H2,1-2H3,(H2,9,13)(H,11,12)/t4-,5-,6-/m0/s1. The quantitative estimate of drug-likeness (QED) is 0.512. The minimum Gasteiger partial charge on any atom is -0.368 e. The van der Waals surface area contributed by atoms with Crippen molar-refractivity contribution in [1.29, 1.82) is 0 Å². The SMILES string of the molecule is C[C@H](N[C@H]1CC(=O)N[C@H]1C)C(N)=O. The number of amides is 2. The lowest BCUT2D eigenvalue weighted by Gasteiger charge is -2.19. The van der Waals surface area contributed by atoms with E-state index in [0.29, 0.717) is 6.42 Å². The highest BCUT2D eigenvalue weighted by molar-refractivity contribution is 5.81. The summed E-state index contributed by atoms with van der Waals surface area (Å²) in [5, 5.41) is 5.76. The molecule has 0 unspecified atom stereocenters. The summed E-state index contributed by atoms with van der Waals surface area (Å²) in [4.78, 5) is 21.7. The Morgan fingerprint density at radius 3 is 2.77 bits per heavy atom. The summed E-state index contributed by atoms with van der Waals surface area (Å²) in [6, 6.07) is -0.315. The highest BCUT2D eigenvalue weighted by Gasteiger charge is 2.30. The molecule has 0 radical (unpaired) electrons. The van der Waals surface area contributed by atoms with Crippen LogP contribution < -0.4 is 16.4 Å². The zero-order valence-electron chi connectivity index (χ0n) is 7.83. The van der Waals surface area contributed by atoms with Crippen molar-refractivity contribution < 1.29 is 9.59 Å². The molecule has 74 valence electrons. The Kier molecular flexibility index (Phi) is 2.87. The van der Waals surface area contributed by atoms with Crippen LogP contribution in [0.1, 0.15) is 20.3 Å². The number of hydrogen-bond donors (Lipinski definition) is 3. The maximum Gasteiger partial charge on any atom is 0.234 e. The summed E-state index contributed by atoms with van der Waals surface area (Å²) in [7, 11) is 0. The predicted octanol–water partition coefficient (Wildman–Crippen LogP) is -1.27. The van der Waals surface area contributed by atoms with Gasteiger partial charge in [-0.15, -0.1) is 0 Å². The Balaban J connectivity index is 2.45. The molecule has 1 saturated heterocycles. The second-order valence-electron chi connectivity index (χ2n) is 3.46. The lowest BCUT2D eigenvalue weighted by atomic mass is 10.1. The van der Waals surface area contributed by atoms with Crippen LogP contribution in [0.15, 0.2) is 0 Å². The molecule has 0 aromatic heterocycles. The van der Waals surface area contributed by atoms with Crippen LogP contribution in [-0.2, 0) is 9.59 Å². The summed E-state index contributed by atoms with van der Waals surface area (Å²) in [5.74, 6) is -0.381. The van der Waals surface area contributed by atoms with E-state index in [9.17, 15) is 9.59 Å². The van der Waals surface area contributed by atoms with Crippen LogP contribution in [0.2, 0.25) is 0 Å². The Morgan fingerprint density at radius 1 is 1.77 bits per heavy atom. The van der Waals surface area contributed by atoms with Gasteiger partial charge < -0.3 is 16.4 Å². The first-order valence-electron chi connectivity index (χ1n) is 4.35. The van der Waals surface area contributed by atoms with Gasteiger partial charge in [0, 0.05) is 18.5 Å². The van der Waals surface area contributed by atoms with Gasteiger partial charge >= 0.3 is 0 Å². The molecule has 5 heteroatoms. The fourth-order valence-corrected chi connectivity index (χ4v) is 1.40. The fraction of sp³-hybridized carbons (Fsp3) is 0.750. The van der Waals surface area contributed by atoms with E-state index in [1.165, 1.54) is 0 Å². The molecule has 1 aliphatic rings. The molecule has 1 rings (SSSR count). The topological polar surface area (TPSA) is 84.2 Å². The summed E-state index contributed by atoms with van der Waals surface area (Å²) < 4.78 is 0. The van der Waals surface area contributed by atoms with Crippen molar-refractivity contribution in [2.24, 2.45) is 5.73 Å². The van der Waals surface area contributed by atoms with Gasteiger partial charge in [-0.1, -0.05) is 0 Å². The van der Waals surface area contributed by atoms with Gasteiger partial charge in [-0.3, -0.25) is 9.59 Å². The number of nitrogens with two attached hydrogens (primary N) is 1. The Labute approximate surface area is 77.1 Å². The molecule has 2 amide bonds. The van der Waals surface area contributed by atoms with Crippen LogP contribution in [0.25, 0.3) is 0 Å². The summed E-state index contributed by atoms with van der Waals surface area (Å²) in [5.41, 5.74) is 5.09. The first-order valence-corrected chi connectivity index (χ1v) is 4.35. The lowest BCUT2D eigenvalue weighted by molar-refractivity contribution is -0.121. The van der Waals surface area contributed by atoms with Gasteiger partial charge in [-0.25, -0.2) is 0 Å². The minimum atomic E-state index is -0.397. The van der Waals surface area contributed by atoms with Gasteiger partial charge in [0.05, 0.1) is 6.04 Å². The number of carbonyl (C=O) groups is 2. The molecule has 0 spiro atoms. The van der Waals surface area contributed by atoms with Gasteiger partial charge in [0.15, 0.2) is 0 Å². The molecule has 1 aliphatic heterocycles. The Bertz CT molecular complexity index is 229. The first-order chi connectivity index (χ1) is 6.00. The third kappa shape index (κ3) is 2.42. The second-order valence-corrected chi connectivity index (χ2v) is 3.46. The molecule has 0 saturated carbocycles. The highest BCUT2D eigenvalue weighted by atomic mass is 16.2. The average Bonchev–Trinajstić information content (AvgIpc) is 2.30. The van der Waals surface area contributed by atoms with Gasteiger partial charge in [-0.05, 0) is 13.8 Å². The molecule has 1 heterocycles. The van der Waals surface area contributed by atoms with E-state index in [0.717, 1.165) is 0 Å². The molecule has 0 aromatic carbocycles. The molecule has 3 atom stereocenters. The molecule has 0 aliphatic carbocycles. The number of nitrogens with one attached hydrogen (secondary N) is 2. The summed E-state index contributed by atoms with van der Waals surface area (Å²) in [6.07, 6.45) is 0.415. The molecule has 1 fully saturated rings. The van der Waals surface area contributed by atoms with E-state index in [1.807, 2.05) is 6.92 Å². The van der Waals surface area contributed by atoms with E-state index in [1.54, 1.807) is 6.92 Å². The van der Waals surface area contributed by atoms with Crippen LogP contribution >= 0.6 is 0 Å². The smallest absolute Gasteiger partial charge is 0.234 e. The van der Waals surface area contributed by atoms with E-state index in [2.05, 4.69) is 10.6 Å². The van der Waals surface area contributed by atoms with Crippen LogP contribution in [0.4, 0.5) is 0 Å². The van der Waals surface area contributed by atoms with Crippen molar-refractivity contribution in [3.63, 3.8) is 0 Å². The molecule has 0 aromatic rings. The van der Waals surface area contributed by atoms with Crippen molar-refractivity contribution in [3.05, 3.63) is 0 Å². The first kappa shape index (κ1) is 9.98. The Morgan fingerprint density at radius 2 is 2.38 bits per heavy atom. The minimum absolute atomic E-state index is 0.00926. The zero-order valence-corrected chi connectivity index (χ0v) is 7.83. The van der Waals surface area contributed by atoms with Crippen LogP contribution in [0.5, 0.6) is 0 Å². The van der Waals surface area contributed by atoms with Crippen LogP contribution in [-0.4, -0.2) is 29.9 Å². The number of carbonyl (C=O) groups excluding carboxylic acids is 2. The lowest BCUT2D eigenvalue weighted by Crippen LogP contribution is -2.48. The monoisotopic (exact) mass is 185 g/mol. The van der Waals surface area contributed by atoms with Crippen LogP contribution in [0.3, 0.4) is 0 Å². The van der Waals surface area contributed by atoms with Crippen molar-refractivity contribution in [2.75, 3.05) is 0 Å². The van der Waals surface area contributed by atoms with Crippen LogP contribution in [0, 0.1) is 0 Å². The van der Waals surface area contributed by atoms with Gasteiger partial charge in [-0.2, -0.15) is 0 Å². The van der Waals surface area contributed by atoms with Crippen molar-refractivity contribution in [2.45, 2.75) is 38.4 Å². The van der Waals surface area contributed by atoms with E-state index < -0.39 is 5.91 Å². The van der Waals surface area contributed by atoms with E-state index in [-0.39, 0.29) is 24.0 Å². The summed E-state index contributed by atoms with van der Waals surface area (Å²) >= 11 is 0. The van der Waals surface area contributed by atoms with Gasteiger partial charge in [0.1, 0.15) is 0 Å². The third-order valence-corrected chi connectivity index (χ3v) is 2.29. The van der Waals surface area contributed by atoms with E-state index >= 15 is 0 Å². The second kappa shape index (κ2) is 3.74. The molecular weight excluding hydrogens is 170 g/mol. The Hall–Kier alpha value is -1.10. The summed E-state index contributed by atoms with van der Waals surface area (Å²) in [6.45, 7) is 3.59. The third-order valence-electron chi connectivity index (χ3n) is 2.29. The van der Waals surface area contributed by atoms with Gasteiger partial charge in [0.2, 0.25) is 11.8 Å². The number of primary amides is 1. The van der Waals surface area contributed by atoms with Gasteiger partial charge in [0.25, 0.3) is 0 Å². The largest absolute Gasteiger partial charge is 0.368 e. The molecule has 5 nitrogen and oxygen atoms in total. The molecule has 4 N–H and O–H groups in total. The highest BCUT2D eigenvalue weighted by Crippen LogP contribution is 2.08. The number of rotatable bonds is 3. The fourth-order valence-electron chi connectivity index (χ4n) is 1.40. The number of hydrogen-bond acceptors (Lipinski definition) is 3. The van der Waals surface area contributed by atoms with E-state index in [4.69, 9.17) is 5.73 Å². The van der Waals surface area contributed by atoms with Crippen molar-refractivity contribution in [1.82, 2.24) is 10.6 Å². The average molecular weight is 185 g/mol. The van der Waals surface area contributed by atoms with Crippen molar-refractivity contribution in [3.8, 4) is 0 Å². The normalized spacial score (nSPS) is 29.8. The maximum atomic E-state index is 10.9. The molecular formula is C8H15N3O2. The zero-order chi connectivity index (χ0) is 10.0. The van der Waals surface area contributed by atoms with Crippen molar-refractivity contribution >= 4 is 11.8 Å². The molecule has 13 heavy (non-hydrogen) atoms.